The number of nitrogens with one attached hydrogen (secondary N) is 1. The van der Waals surface area contributed by atoms with E-state index in [2.05, 4.69) is 71.7 Å². The summed E-state index contributed by atoms with van der Waals surface area (Å²) in [5.74, 6) is 0.947. The molecular weight excluding hydrogens is 310 g/mol. The Kier molecular flexibility index (Phi) is 6.08. The molecule has 1 aliphatic heterocycles. The standard InChI is InChI=1S/C21H29N3O/c1-23-11-12-24(2)20(16-23)15-22-14-19-10-9-18(13-21(19)25-3)17-7-5-4-6-8-17/h4-10,13,20,22H,11-12,14-16H2,1-3H3/t20-/m1/s1. The second-order valence-corrected chi connectivity index (χ2v) is 6.92. The van der Waals surface area contributed by atoms with Crippen molar-refractivity contribution in [3.63, 3.8) is 0 Å². The second-order valence-electron chi connectivity index (χ2n) is 6.92. The van der Waals surface area contributed by atoms with Crippen molar-refractivity contribution in [2.24, 2.45) is 0 Å². The number of likely N-dealkylation sites (N-methyl/N-ethyl adjacent to an activating group) is 2. The average molecular weight is 339 g/mol. The topological polar surface area (TPSA) is 27.7 Å². The normalized spacial score (nSPS) is 19.1. The molecule has 1 fully saturated rings. The molecule has 0 aliphatic carbocycles. The van der Waals surface area contributed by atoms with Crippen LogP contribution in [0.25, 0.3) is 11.1 Å². The Morgan fingerprint density at radius 2 is 1.84 bits per heavy atom. The van der Waals surface area contributed by atoms with Crippen molar-refractivity contribution in [1.29, 1.82) is 0 Å². The van der Waals surface area contributed by atoms with E-state index in [4.69, 9.17) is 4.74 Å². The summed E-state index contributed by atoms with van der Waals surface area (Å²) in [6, 6.07) is 17.5. The largest absolute Gasteiger partial charge is 0.496 e. The highest BCUT2D eigenvalue weighted by Gasteiger charge is 2.21. The third-order valence-corrected chi connectivity index (χ3v) is 5.07. The summed E-state index contributed by atoms with van der Waals surface area (Å²) >= 11 is 0. The lowest BCUT2D eigenvalue weighted by molar-refractivity contribution is 0.113. The van der Waals surface area contributed by atoms with Gasteiger partial charge in [0.1, 0.15) is 5.75 Å². The summed E-state index contributed by atoms with van der Waals surface area (Å²) < 4.78 is 5.63. The highest BCUT2D eigenvalue weighted by molar-refractivity contribution is 5.66. The van der Waals surface area contributed by atoms with Crippen molar-refractivity contribution in [2.45, 2.75) is 12.6 Å². The fraction of sp³-hybridized carbons (Fsp3) is 0.429. The molecule has 2 aromatic rings. The van der Waals surface area contributed by atoms with Gasteiger partial charge >= 0.3 is 0 Å². The first-order valence-electron chi connectivity index (χ1n) is 8.99. The summed E-state index contributed by atoms with van der Waals surface area (Å²) in [5.41, 5.74) is 3.61. The lowest BCUT2D eigenvalue weighted by Crippen LogP contribution is -2.53. The molecule has 2 aromatic carbocycles. The third kappa shape index (κ3) is 4.60. The van der Waals surface area contributed by atoms with Crippen LogP contribution in [0, 0.1) is 0 Å². The summed E-state index contributed by atoms with van der Waals surface area (Å²) in [6.07, 6.45) is 0. The number of piperazine rings is 1. The van der Waals surface area contributed by atoms with Crippen molar-refractivity contribution in [3.05, 3.63) is 54.1 Å². The molecule has 0 bridgehead atoms. The number of nitrogens with zero attached hydrogens (tertiary/aromatic N) is 2. The van der Waals surface area contributed by atoms with Gasteiger partial charge in [-0.1, -0.05) is 42.5 Å². The summed E-state index contributed by atoms with van der Waals surface area (Å²) in [7, 11) is 6.16. The van der Waals surface area contributed by atoms with Gasteiger partial charge in [0.15, 0.2) is 0 Å². The molecule has 0 aromatic heterocycles. The molecule has 134 valence electrons. The Hall–Kier alpha value is -1.88. The molecule has 1 aliphatic rings. The Bertz CT molecular complexity index is 674. The predicted molar refractivity (Wildman–Crippen MR) is 104 cm³/mol. The minimum absolute atomic E-state index is 0.563. The molecule has 3 rings (SSSR count). The van der Waals surface area contributed by atoms with E-state index in [1.807, 2.05) is 6.07 Å². The van der Waals surface area contributed by atoms with E-state index >= 15 is 0 Å². The van der Waals surface area contributed by atoms with E-state index < -0.39 is 0 Å². The zero-order valence-electron chi connectivity index (χ0n) is 15.5. The smallest absolute Gasteiger partial charge is 0.123 e. The molecule has 0 saturated carbocycles. The quantitative estimate of drug-likeness (QED) is 0.876. The molecule has 1 N–H and O–H groups in total. The zero-order chi connectivity index (χ0) is 17.6. The van der Waals surface area contributed by atoms with E-state index in [-0.39, 0.29) is 0 Å². The maximum atomic E-state index is 5.63. The van der Waals surface area contributed by atoms with Crippen molar-refractivity contribution in [3.8, 4) is 16.9 Å². The Balaban J connectivity index is 1.62. The Labute approximate surface area is 151 Å². The van der Waals surface area contributed by atoms with Crippen LogP contribution in [-0.2, 0) is 6.54 Å². The van der Waals surface area contributed by atoms with Crippen LogP contribution in [0.3, 0.4) is 0 Å². The average Bonchev–Trinajstić information content (AvgIpc) is 2.65. The van der Waals surface area contributed by atoms with Gasteiger partial charge < -0.3 is 15.0 Å². The van der Waals surface area contributed by atoms with Gasteiger partial charge in [-0.05, 0) is 31.3 Å². The van der Waals surface area contributed by atoms with Crippen molar-refractivity contribution >= 4 is 0 Å². The molecule has 1 heterocycles. The second kappa shape index (κ2) is 8.48. The predicted octanol–water partition coefficient (Wildman–Crippen LogP) is 2.70. The van der Waals surface area contributed by atoms with Crippen molar-refractivity contribution in [1.82, 2.24) is 15.1 Å². The number of ether oxygens (including phenoxy) is 1. The molecule has 25 heavy (non-hydrogen) atoms. The number of hydrogen-bond donors (Lipinski definition) is 1. The monoisotopic (exact) mass is 339 g/mol. The fourth-order valence-electron chi connectivity index (χ4n) is 3.40. The first-order valence-corrected chi connectivity index (χ1v) is 8.99. The minimum atomic E-state index is 0.563. The molecule has 0 radical (unpaired) electrons. The molecule has 4 nitrogen and oxygen atoms in total. The fourth-order valence-corrected chi connectivity index (χ4v) is 3.40. The van der Waals surface area contributed by atoms with E-state index in [1.165, 1.54) is 16.7 Å². The minimum Gasteiger partial charge on any atom is -0.496 e. The first-order chi connectivity index (χ1) is 12.2. The van der Waals surface area contributed by atoms with Crippen molar-refractivity contribution in [2.75, 3.05) is 47.4 Å². The van der Waals surface area contributed by atoms with Crippen LogP contribution in [0.15, 0.2) is 48.5 Å². The maximum Gasteiger partial charge on any atom is 0.123 e. The lowest BCUT2D eigenvalue weighted by atomic mass is 10.0. The summed E-state index contributed by atoms with van der Waals surface area (Å²) in [5, 5.41) is 3.61. The van der Waals surface area contributed by atoms with Gasteiger partial charge in [0.05, 0.1) is 7.11 Å². The molecule has 1 atom stereocenters. The van der Waals surface area contributed by atoms with Crippen LogP contribution < -0.4 is 10.1 Å². The van der Waals surface area contributed by atoms with Crippen molar-refractivity contribution < 1.29 is 4.74 Å². The van der Waals surface area contributed by atoms with Gasteiger partial charge in [0.2, 0.25) is 0 Å². The number of rotatable bonds is 6. The van der Waals surface area contributed by atoms with Gasteiger partial charge in [-0.15, -0.1) is 0 Å². The van der Waals surface area contributed by atoms with Crippen LogP contribution in [-0.4, -0.2) is 63.2 Å². The highest BCUT2D eigenvalue weighted by Crippen LogP contribution is 2.27. The molecule has 0 amide bonds. The van der Waals surface area contributed by atoms with Gasteiger partial charge in [0, 0.05) is 44.3 Å². The maximum absolute atomic E-state index is 5.63. The molecule has 1 saturated heterocycles. The number of methoxy groups -OCH3 is 1. The van der Waals surface area contributed by atoms with Crippen LogP contribution in [0.4, 0.5) is 0 Å². The van der Waals surface area contributed by atoms with Crippen LogP contribution in [0.5, 0.6) is 5.75 Å². The number of hydrogen-bond acceptors (Lipinski definition) is 4. The number of benzene rings is 2. The van der Waals surface area contributed by atoms with Crippen LogP contribution in [0.2, 0.25) is 0 Å². The summed E-state index contributed by atoms with van der Waals surface area (Å²) in [4.78, 5) is 4.85. The molecule has 0 spiro atoms. The molecule has 4 heteroatoms. The van der Waals surface area contributed by atoms with Crippen LogP contribution >= 0.6 is 0 Å². The zero-order valence-corrected chi connectivity index (χ0v) is 15.5. The van der Waals surface area contributed by atoms with E-state index in [1.54, 1.807) is 7.11 Å². The van der Waals surface area contributed by atoms with E-state index in [0.29, 0.717) is 6.04 Å². The Morgan fingerprint density at radius 1 is 1.04 bits per heavy atom. The Morgan fingerprint density at radius 3 is 2.60 bits per heavy atom. The van der Waals surface area contributed by atoms with Gasteiger partial charge in [-0.25, -0.2) is 0 Å². The van der Waals surface area contributed by atoms with Crippen LogP contribution in [0.1, 0.15) is 5.56 Å². The highest BCUT2D eigenvalue weighted by atomic mass is 16.5. The van der Waals surface area contributed by atoms with Gasteiger partial charge in [-0.3, -0.25) is 4.90 Å². The SMILES string of the molecule is COc1cc(-c2ccccc2)ccc1CNC[C@@H]1CN(C)CCN1C. The molecular formula is C21H29N3O. The van der Waals surface area contributed by atoms with E-state index in [0.717, 1.165) is 38.5 Å². The van der Waals surface area contributed by atoms with Gasteiger partial charge in [0.25, 0.3) is 0 Å². The molecule has 0 unspecified atom stereocenters. The first kappa shape index (κ1) is 17.9. The lowest BCUT2D eigenvalue weighted by Gasteiger charge is -2.37. The third-order valence-electron chi connectivity index (χ3n) is 5.07. The summed E-state index contributed by atoms with van der Waals surface area (Å²) in [6.45, 7) is 5.23. The van der Waals surface area contributed by atoms with E-state index in [9.17, 15) is 0 Å². The van der Waals surface area contributed by atoms with Gasteiger partial charge in [-0.2, -0.15) is 0 Å².